The fraction of sp³-hybridized carbons (Fsp3) is 0.929. The standard InChI is InChI=1S/C70H137NO3/c1-3-5-7-9-11-13-15-17-19-21-23-25-27-29-30-31-32-33-34-35-36-37-38-39-40-42-44-46-48-50-52-54-56-58-60-62-64-66-70(74)71-68(67-72)69(73)65-63-61-59-57-55-53-51-49-47-45-43-41-28-26-24-22-20-18-16-14-12-10-8-6-4-2/h30-31,33-34,68-69,72-73H,3-29,32,35-67H2,1-2H3,(H,71,74)/b31-30-,34-33-. The van der Waals surface area contributed by atoms with E-state index in [1.807, 2.05) is 0 Å². The van der Waals surface area contributed by atoms with Gasteiger partial charge in [0.1, 0.15) is 0 Å². The molecule has 0 bridgehead atoms. The van der Waals surface area contributed by atoms with E-state index in [2.05, 4.69) is 43.5 Å². The van der Waals surface area contributed by atoms with Gasteiger partial charge in [-0.15, -0.1) is 0 Å². The fourth-order valence-electron chi connectivity index (χ4n) is 11.2. The van der Waals surface area contributed by atoms with Crippen LogP contribution in [0.15, 0.2) is 24.3 Å². The molecule has 0 heterocycles. The Balaban J connectivity index is 3.39. The van der Waals surface area contributed by atoms with Gasteiger partial charge in [-0.2, -0.15) is 0 Å². The molecule has 0 radical (unpaired) electrons. The summed E-state index contributed by atoms with van der Waals surface area (Å²) in [5.74, 6) is -0.0231. The SMILES string of the molecule is CCCCCCCCCCCCCCC/C=C\C/C=C\CCCCCCCCCCCCCCCCCCCC(=O)NC(CO)C(O)CCCCCCCCCCCCCCCCCCCCCCCCCCC. The van der Waals surface area contributed by atoms with Crippen LogP contribution >= 0.6 is 0 Å². The van der Waals surface area contributed by atoms with Crippen LogP contribution in [-0.4, -0.2) is 34.9 Å². The summed E-state index contributed by atoms with van der Waals surface area (Å²) in [6.45, 7) is 4.41. The third-order valence-electron chi connectivity index (χ3n) is 16.5. The molecule has 74 heavy (non-hydrogen) atoms. The van der Waals surface area contributed by atoms with Gasteiger partial charge in [0.2, 0.25) is 5.91 Å². The molecule has 3 N–H and O–H groups in total. The van der Waals surface area contributed by atoms with E-state index in [-0.39, 0.29) is 12.5 Å². The Labute approximate surface area is 466 Å². The molecular weight excluding hydrogens is 903 g/mol. The van der Waals surface area contributed by atoms with Crippen molar-refractivity contribution in [2.75, 3.05) is 6.61 Å². The van der Waals surface area contributed by atoms with E-state index in [1.54, 1.807) is 0 Å². The third-order valence-corrected chi connectivity index (χ3v) is 16.5. The summed E-state index contributed by atoms with van der Waals surface area (Å²) < 4.78 is 0. The van der Waals surface area contributed by atoms with E-state index in [4.69, 9.17) is 0 Å². The quantitative estimate of drug-likeness (QED) is 0.0420. The average molecular weight is 1040 g/mol. The number of carbonyl (C=O) groups is 1. The lowest BCUT2D eigenvalue weighted by atomic mass is 10.0. The lowest BCUT2D eigenvalue weighted by molar-refractivity contribution is -0.123. The van der Waals surface area contributed by atoms with Gasteiger partial charge in [0.15, 0.2) is 0 Å². The van der Waals surface area contributed by atoms with Crippen LogP contribution in [0.4, 0.5) is 0 Å². The Morgan fingerprint density at radius 1 is 0.324 bits per heavy atom. The lowest BCUT2D eigenvalue weighted by Gasteiger charge is -2.22. The summed E-state index contributed by atoms with van der Waals surface area (Å²) in [7, 11) is 0. The van der Waals surface area contributed by atoms with E-state index < -0.39 is 12.1 Å². The molecular formula is C70H137NO3. The zero-order valence-electron chi connectivity index (χ0n) is 50.9. The number of unbranched alkanes of at least 4 members (excludes halogenated alkanes) is 54. The van der Waals surface area contributed by atoms with Gasteiger partial charge >= 0.3 is 0 Å². The number of carbonyl (C=O) groups excluding carboxylic acids is 1. The second-order valence-electron chi connectivity index (χ2n) is 24.0. The molecule has 0 aliphatic rings. The average Bonchev–Trinajstić information content (AvgIpc) is 3.40. The number of aliphatic hydroxyl groups excluding tert-OH is 2. The molecule has 2 atom stereocenters. The Kier molecular flexibility index (Phi) is 65.1. The maximum absolute atomic E-state index is 12.6. The van der Waals surface area contributed by atoms with Crippen molar-refractivity contribution >= 4 is 5.91 Å². The molecule has 0 aromatic heterocycles. The Bertz CT molecular complexity index is 1090. The second kappa shape index (κ2) is 66.2. The summed E-state index contributed by atoms with van der Waals surface area (Å²) in [6, 6.07) is -0.536. The minimum absolute atomic E-state index is 0.0231. The molecule has 0 saturated carbocycles. The van der Waals surface area contributed by atoms with Gasteiger partial charge in [-0.1, -0.05) is 372 Å². The van der Waals surface area contributed by atoms with E-state index in [9.17, 15) is 15.0 Å². The number of aliphatic hydroxyl groups is 2. The zero-order valence-corrected chi connectivity index (χ0v) is 50.9. The van der Waals surface area contributed by atoms with Crippen LogP contribution in [0.2, 0.25) is 0 Å². The van der Waals surface area contributed by atoms with E-state index >= 15 is 0 Å². The van der Waals surface area contributed by atoms with Crippen LogP contribution < -0.4 is 5.32 Å². The van der Waals surface area contributed by atoms with Crippen LogP contribution in [0.5, 0.6) is 0 Å². The topological polar surface area (TPSA) is 69.6 Å². The van der Waals surface area contributed by atoms with Crippen LogP contribution in [0.1, 0.15) is 399 Å². The molecule has 0 aliphatic carbocycles. The van der Waals surface area contributed by atoms with Crippen LogP contribution in [-0.2, 0) is 4.79 Å². The number of allylic oxidation sites excluding steroid dienone is 4. The second-order valence-corrected chi connectivity index (χ2v) is 24.0. The molecule has 0 spiro atoms. The highest BCUT2D eigenvalue weighted by Crippen LogP contribution is 2.19. The molecule has 1 amide bonds. The minimum atomic E-state index is -0.659. The number of hydrogen-bond donors (Lipinski definition) is 3. The van der Waals surface area contributed by atoms with Gasteiger partial charge in [-0.05, 0) is 44.9 Å². The summed E-state index contributed by atoms with van der Waals surface area (Å²) >= 11 is 0. The number of hydrogen-bond acceptors (Lipinski definition) is 3. The predicted molar refractivity (Wildman–Crippen MR) is 332 cm³/mol. The summed E-state index contributed by atoms with van der Waals surface area (Å²) in [5.41, 5.74) is 0. The largest absolute Gasteiger partial charge is 0.394 e. The first-order valence-electron chi connectivity index (χ1n) is 34.5. The molecule has 0 saturated heterocycles. The molecule has 4 nitrogen and oxygen atoms in total. The summed E-state index contributed by atoms with van der Waals surface area (Å²) in [6.07, 6.45) is 89.5. The van der Waals surface area contributed by atoms with Crippen molar-refractivity contribution in [3.63, 3.8) is 0 Å². The van der Waals surface area contributed by atoms with Crippen LogP contribution in [0.3, 0.4) is 0 Å². The molecule has 0 aromatic carbocycles. The Morgan fingerprint density at radius 3 is 0.811 bits per heavy atom. The first-order valence-corrected chi connectivity index (χ1v) is 34.5. The maximum Gasteiger partial charge on any atom is 0.220 e. The first kappa shape index (κ1) is 72.9. The molecule has 2 unspecified atom stereocenters. The van der Waals surface area contributed by atoms with Gasteiger partial charge in [-0.25, -0.2) is 0 Å². The lowest BCUT2D eigenvalue weighted by Crippen LogP contribution is -2.45. The molecule has 440 valence electrons. The normalized spacial score (nSPS) is 12.8. The van der Waals surface area contributed by atoms with Crippen molar-refractivity contribution < 1.29 is 15.0 Å². The predicted octanol–water partition coefficient (Wildman–Crippen LogP) is 23.4. The van der Waals surface area contributed by atoms with E-state index in [0.717, 1.165) is 32.1 Å². The van der Waals surface area contributed by atoms with Crippen molar-refractivity contribution in [2.45, 2.75) is 411 Å². The van der Waals surface area contributed by atoms with Crippen molar-refractivity contribution in [2.24, 2.45) is 0 Å². The number of amides is 1. The van der Waals surface area contributed by atoms with Gasteiger partial charge in [0.05, 0.1) is 18.8 Å². The molecule has 0 fully saturated rings. The summed E-state index contributed by atoms with van der Waals surface area (Å²) in [5, 5.41) is 23.5. The Morgan fingerprint density at radius 2 is 0.554 bits per heavy atom. The van der Waals surface area contributed by atoms with E-state index in [0.29, 0.717) is 12.8 Å². The molecule has 0 aliphatic heterocycles. The summed E-state index contributed by atoms with van der Waals surface area (Å²) in [4.78, 5) is 12.6. The maximum atomic E-state index is 12.6. The zero-order chi connectivity index (χ0) is 53.4. The smallest absolute Gasteiger partial charge is 0.220 e. The monoisotopic (exact) mass is 1040 g/mol. The third kappa shape index (κ3) is 61.7. The number of nitrogens with one attached hydrogen (secondary N) is 1. The highest BCUT2D eigenvalue weighted by Gasteiger charge is 2.20. The van der Waals surface area contributed by atoms with E-state index in [1.165, 1.54) is 340 Å². The highest BCUT2D eigenvalue weighted by molar-refractivity contribution is 5.76. The Hall–Kier alpha value is -1.13. The van der Waals surface area contributed by atoms with Crippen molar-refractivity contribution in [3.8, 4) is 0 Å². The number of rotatable bonds is 65. The van der Waals surface area contributed by atoms with Crippen molar-refractivity contribution in [3.05, 3.63) is 24.3 Å². The minimum Gasteiger partial charge on any atom is -0.394 e. The molecule has 4 heteroatoms. The van der Waals surface area contributed by atoms with Crippen molar-refractivity contribution in [1.29, 1.82) is 0 Å². The van der Waals surface area contributed by atoms with Gasteiger partial charge in [0, 0.05) is 6.42 Å². The fourth-order valence-corrected chi connectivity index (χ4v) is 11.2. The van der Waals surface area contributed by atoms with Crippen LogP contribution in [0, 0.1) is 0 Å². The highest BCUT2D eigenvalue weighted by atomic mass is 16.3. The van der Waals surface area contributed by atoms with Gasteiger partial charge < -0.3 is 15.5 Å². The van der Waals surface area contributed by atoms with Gasteiger partial charge in [-0.3, -0.25) is 4.79 Å². The van der Waals surface area contributed by atoms with Crippen molar-refractivity contribution in [1.82, 2.24) is 5.32 Å². The molecule has 0 aromatic rings. The molecule has 0 rings (SSSR count). The van der Waals surface area contributed by atoms with Crippen LogP contribution in [0.25, 0.3) is 0 Å². The van der Waals surface area contributed by atoms with Gasteiger partial charge in [0.25, 0.3) is 0 Å². The first-order chi connectivity index (χ1) is 36.7.